The van der Waals surface area contributed by atoms with Gasteiger partial charge in [0.05, 0.1) is 11.1 Å². The molecule has 0 unspecified atom stereocenters. The van der Waals surface area contributed by atoms with Gasteiger partial charge in [-0.1, -0.05) is 12.1 Å². The lowest BCUT2D eigenvalue weighted by molar-refractivity contribution is 0.0930. The third-order valence-corrected chi connectivity index (χ3v) is 8.78. The van der Waals surface area contributed by atoms with Gasteiger partial charge >= 0.3 is 0 Å². The predicted octanol–water partition coefficient (Wildman–Crippen LogP) is 5.15. The second-order valence-electron chi connectivity index (χ2n) is 11.7. The lowest BCUT2D eigenvalue weighted by Gasteiger charge is -2.27. The molecule has 3 aliphatic rings. The van der Waals surface area contributed by atoms with Crippen LogP contribution in [0.1, 0.15) is 60.0 Å². The van der Waals surface area contributed by atoms with Gasteiger partial charge in [0.25, 0.3) is 5.91 Å². The number of hydrogen-bond donors (Lipinski definition) is 2. The van der Waals surface area contributed by atoms with E-state index in [2.05, 4.69) is 38.7 Å². The molecule has 2 N–H and O–H groups in total. The fourth-order valence-corrected chi connectivity index (χ4v) is 5.97. The number of anilines is 1. The maximum Gasteiger partial charge on any atom is 0.252 e. The smallest absolute Gasteiger partial charge is 0.252 e. The molecular formula is C33H36N6O2. The first kappa shape index (κ1) is 25.9. The first-order chi connectivity index (χ1) is 20.1. The van der Waals surface area contributed by atoms with E-state index >= 15 is 0 Å². The van der Waals surface area contributed by atoms with E-state index in [9.17, 15) is 4.79 Å². The number of carbonyl (C=O) groups excluding carboxylic acids is 1. The zero-order valence-corrected chi connectivity index (χ0v) is 23.5. The van der Waals surface area contributed by atoms with Crippen LogP contribution in [0.15, 0.2) is 61.1 Å². The summed E-state index contributed by atoms with van der Waals surface area (Å²) < 4.78 is 5.99. The quantitative estimate of drug-likeness (QED) is 0.315. The molecule has 4 heterocycles. The van der Waals surface area contributed by atoms with E-state index in [1.54, 1.807) is 0 Å². The molecule has 0 spiro atoms. The second-order valence-corrected chi connectivity index (χ2v) is 11.7. The summed E-state index contributed by atoms with van der Waals surface area (Å²) in [5.41, 5.74) is 5.08. The van der Waals surface area contributed by atoms with Gasteiger partial charge in [-0.15, -0.1) is 0 Å². The minimum atomic E-state index is -0.442. The van der Waals surface area contributed by atoms with Crippen LogP contribution in [-0.2, 0) is 5.54 Å². The number of fused-ring (bicyclic) bond motifs is 1. The van der Waals surface area contributed by atoms with Gasteiger partial charge in [-0.25, -0.2) is 9.97 Å². The van der Waals surface area contributed by atoms with Crippen LogP contribution in [-0.4, -0.2) is 53.1 Å². The summed E-state index contributed by atoms with van der Waals surface area (Å²) >= 11 is 0. The number of benzene rings is 2. The van der Waals surface area contributed by atoms with Gasteiger partial charge in [0.15, 0.2) is 0 Å². The lowest BCUT2D eigenvalue weighted by atomic mass is 9.94. The zero-order chi connectivity index (χ0) is 27.8. The van der Waals surface area contributed by atoms with Crippen LogP contribution >= 0.6 is 0 Å². The average molecular weight is 549 g/mol. The van der Waals surface area contributed by atoms with Crippen LogP contribution in [0.25, 0.3) is 22.0 Å². The molecule has 7 rings (SSSR count). The minimum Gasteiger partial charge on any atom is -0.492 e. The van der Waals surface area contributed by atoms with Gasteiger partial charge in [-0.3, -0.25) is 9.78 Å². The highest BCUT2D eigenvalue weighted by Gasteiger charge is 2.47. The Labute approximate surface area is 240 Å². The van der Waals surface area contributed by atoms with Crippen molar-refractivity contribution in [3.63, 3.8) is 0 Å². The monoisotopic (exact) mass is 548 g/mol. The van der Waals surface area contributed by atoms with E-state index in [0.717, 1.165) is 83.8 Å². The van der Waals surface area contributed by atoms with Crippen LogP contribution in [0.3, 0.4) is 0 Å². The Bertz CT molecular complexity index is 1570. The van der Waals surface area contributed by atoms with Gasteiger partial charge in [-0.2, -0.15) is 0 Å². The molecule has 1 amide bonds. The maximum atomic E-state index is 13.7. The molecule has 2 aliphatic heterocycles. The number of ether oxygens (including phenoxy) is 1. The summed E-state index contributed by atoms with van der Waals surface area (Å²) in [5, 5.41) is 7.81. The first-order valence-corrected chi connectivity index (χ1v) is 14.8. The van der Waals surface area contributed by atoms with Gasteiger partial charge in [0.1, 0.15) is 12.4 Å². The molecule has 8 nitrogen and oxygen atoms in total. The molecular weight excluding hydrogens is 512 g/mol. The van der Waals surface area contributed by atoms with Gasteiger partial charge < -0.3 is 20.3 Å². The number of hydrogen-bond acceptors (Lipinski definition) is 7. The van der Waals surface area contributed by atoms with E-state index in [1.165, 1.54) is 19.3 Å². The topological polar surface area (TPSA) is 92.3 Å². The molecule has 1 saturated carbocycles. The summed E-state index contributed by atoms with van der Waals surface area (Å²) in [6, 6.07) is 14.5. The van der Waals surface area contributed by atoms with Gasteiger partial charge in [0.2, 0.25) is 5.95 Å². The molecule has 2 aromatic carbocycles. The molecule has 8 heteroatoms. The van der Waals surface area contributed by atoms with Crippen molar-refractivity contribution >= 4 is 22.8 Å². The Morgan fingerprint density at radius 2 is 1.85 bits per heavy atom. The van der Waals surface area contributed by atoms with Crippen molar-refractivity contribution in [2.24, 2.45) is 0 Å². The Hall–Kier alpha value is -4.04. The van der Waals surface area contributed by atoms with Crippen molar-refractivity contribution in [3.8, 4) is 16.9 Å². The van der Waals surface area contributed by atoms with E-state index in [1.807, 2.05) is 49.8 Å². The fraction of sp³-hybridized carbons (Fsp3) is 0.394. The van der Waals surface area contributed by atoms with Crippen molar-refractivity contribution in [1.29, 1.82) is 0 Å². The van der Waals surface area contributed by atoms with E-state index in [4.69, 9.17) is 14.7 Å². The molecule has 210 valence electrons. The van der Waals surface area contributed by atoms with Crippen molar-refractivity contribution in [3.05, 3.63) is 77.7 Å². The Balaban J connectivity index is 1.17. The minimum absolute atomic E-state index is 0.0797. The Kier molecular flexibility index (Phi) is 6.79. The fourth-order valence-electron chi connectivity index (χ4n) is 5.97. The van der Waals surface area contributed by atoms with E-state index in [0.29, 0.717) is 18.2 Å². The number of carbonyl (C=O) groups is 1. The third-order valence-electron chi connectivity index (χ3n) is 8.78. The van der Waals surface area contributed by atoms with E-state index in [-0.39, 0.29) is 5.91 Å². The highest BCUT2D eigenvalue weighted by molar-refractivity contribution is 5.98. The maximum absolute atomic E-state index is 13.7. The largest absolute Gasteiger partial charge is 0.492 e. The summed E-state index contributed by atoms with van der Waals surface area (Å²) in [6.45, 7) is 5.65. The standard InChI is InChI=1S/C33H36N6O2/c1-22-7-8-26(41-21-25-9-13-34-25)18-28(22)31(40)38-33(10-11-33)29-16-23(17-30-27(29)6-5-12-35-30)24-19-36-32(37-20-24)39-14-3-2-4-15-39/h5-8,12,16-20,25,34H,2-4,9-11,13-15,21H2,1H3,(H,38,40)/t25-/m0/s1. The molecule has 3 fully saturated rings. The van der Waals surface area contributed by atoms with Crippen molar-refractivity contribution in [2.45, 2.75) is 57.0 Å². The number of amides is 1. The number of pyridine rings is 1. The SMILES string of the molecule is Cc1ccc(OC[C@@H]2CCN2)cc1C(=O)NC1(c2cc(-c3cnc(N4CCCCC4)nc3)cc3ncccc23)CC1. The summed E-state index contributed by atoms with van der Waals surface area (Å²) in [5.74, 6) is 1.44. The number of piperidine rings is 1. The first-order valence-electron chi connectivity index (χ1n) is 14.8. The number of nitrogens with one attached hydrogen (secondary N) is 2. The van der Waals surface area contributed by atoms with Crippen LogP contribution in [0.2, 0.25) is 0 Å². The van der Waals surface area contributed by atoms with Gasteiger partial charge in [-0.05, 0) is 99.0 Å². The van der Waals surface area contributed by atoms with Crippen LogP contribution in [0, 0.1) is 6.92 Å². The molecule has 2 aromatic heterocycles. The van der Waals surface area contributed by atoms with Crippen LogP contribution < -0.4 is 20.3 Å². The lowest BCUT2D eigenvalue weighted by Crippen LogP contribution is -2.46. The Morgan fingerprint density at radius 3 is 2.59 bits per heavy atom. The van der Waals surface area contributed by atoms with Crippen LogP contribution in [0.5, 0.6) is 5.75 Å². The number of rotatable bonds is 8. The zero-order valence-electron chi connectivity index (χ0n) is 23.5. The highest BCUT2D eigenvalue weighted by Crippen LogP contribution is 2.49. The average Bonchev–Trinajstić information content (AvgIpc) is 3.77. The molecule has 41 heavy (non-hydrogen) atoms. The molecule has 1 aliphatic carbocycles. The summed E-state index contributed by atoms with van der Waals surface area (Å²) in [6.07, 6.45) is 12.2. The van der Waals surface area contributed by atoms with Crippen molar-refractivity contribution in [2.75, 3.05) is 31.1 Å². The number of aryl methyl sites for hydroxylation is 1. The van der Waals surface area contributed by atoms with Gasteiger partial charge in [0, 0.05) is 54.2 Å². The second kappa shape index (κ2) is 10.7. The Morgan fingerprint density at radius 1 is 1.05 bits per heavy atom. The molecule has 0 radical (unpaired) electrons. The number of aromatic nitrogens is 3. The normalized spacial score (nSPS) is 19.4. The predicted molar refractivity (Wildman–Crippen MR) is 160 cm³/mol. The molecule has 1 atom stereocenters. The van der Waals surface area contributed by atoms with Crippen LogP contribution in [0.4, 0.5) is 5.95 Å². The molecule has 4 aromatic rings. The van der Waals surface area contributed by atoms with Crippen molar-refractivity contribution in [1.82, 2.24) is 25.6 Å². The molecule has 2 saturated heterocycles. The highest BCUT2D eigenvalue weighted by atomic mass is 16.5. The molecule has 0 bridgehead atoms. The summed E-state index contributed by atoms with van der Waals surface area (Å²) in [7, 11) is 0. The number of nitrogens with zero attached hydrogens (tertiary/aromatic N) is 4. The third kappa shape index (κ3) is 5.24. The summed E-state index contributed by atoms with van der Waals surface area (Å²) in [4.78, 5) is 30.1. The van der Waals surface area contributed by atoms with E-state index < -0.39 is 5.54 Å². The van der Waals surface area contributed by atoms with Crippen molar-refractivity contribution < 1.29 is 9.53 Å².